The molecule has 0 spiro atoms. The van der Waals surface area contributed by atoms with Gasteiger partial charge in [0.2, 0.25) is 16.9 Å². The fraction of sp³-hybridized carbons (Fsp3) is 0. The number of aromatic carboxylic acids is 1. The van der Waals surface area contributed by atoms with Crippen LogP contribution < -0.4 is 5.43 Å². The Morgan fingerprint density at radius 2 is 1.56 bits per heavy atom. The topological polar surface area (TPSA) is 128 Å². The van der Waals surface area contributed by atoms with Gasteiger partial charge >= 0.3 is 5.97 Å². The van der Waals surface area contributed by atoms with Crippen molar-refractivity contribution < 1.29 is 29.6 Å². The van der Waals surface area contributed by atoms with Gasteiger partial charge in [-0.1, -0.05) is 12.1 Å². The SMILES string of the molecule is O=C(O)c1ccc(-c2c3ccc(=O)c(O)c-3oc3c(O)c(O)ccc23)cc1. The van der Waals surface area contributed by atoms with Gasteiger partial charge in [0.05, 0.1) is 5.56 Å². The van der Waals surface area contributed by atoms with Crippen LogP contribution in [0.2, 0.25) is 0 Å². The molecule has 7 nitrogen and oxygen atoms in total. The first-order valence-electron chi connectivity index (χ1n) is 7.85. The van der Waals surface area contributed by atoms with Gasteiger partial charge in [-0.15, -0.1) is 0 Å². The minimum Gasteiger partial charge on any atom is -0.504 e. The summed E-state index contributed by atoms with van der Waals surface area (Å²) in [5, 5.41) is 39.6. The standard InChI is InChI=1S/C20H12O7/c21-13-7-5-11-15(9-1-3-10(4-2-9)20(25)26)12-6-8-14(22)17(24)19(12)27-18(11)16(13)23/h1-8,21,23-24H,(H,25,26). The Kier molecular flexibility index (Phi) is 3.52. The maximum absolute atomic E-state index is 11.8. The molecule has 2 aliphatic rings. The number of phenols is 3. The van der Waals surface area contributed by atoms with Crippen molar-refractivity contribution in [2.45, 2.75) is 0 Å². The van der Waals surface area contributed by atoms with Crippen LogP contribution in [0, 0.1) is 0 Å². The predicted octanol–water partition coefficient (Wildman–Crippen LogP) is 3.38. The van der Waals surface area contributed by atoms with Crippen molar-refractivity contribution in [3.63, 3.8) is 0 Å². The summed E-state index contributed by atoms with van der Waals surface area (Å²) in [4.78, 5) is 22.9. The average Bonchev–Trinajstić information content (AvgIpc) is 2.66. The van der Waals surface area contributed by atoms with E-state index in [-0.39, 0.29) is 16.9 Å². The van der Waals surface area contributed by atoms with Crippen molar-refractivity contribution in [1.29, 1.82) is 0 Å². The van der Waals surface area contributed by atoms with Gasteiger partial charge in [0.15, 0.2) is 17.1 Å². The molecular weight excluding hydrogens is 352 g/mol. The third-order valence-corrected chi connectivity index (χ3v) is 4.37. The molecule has 0 atom stereocenters. The molecule has 134 valence electrons. The number of benzene rings is 3. The van der Waals surface area contributed by atoms with E-state index in [1.54, 1.807) is 12.1 Å². The van der Waals surface area contributed by atoms with Crippen molar-refractivity contribution in [3.05, 3.63) is 64.3 Å². The van der Waals surface area contributed by atoms with E-state index in [0.29, 0.717) is 22.1 Å². The summed E-state index contributed by atoms with van der Waals surface area (Å²) < 4.78 is 5.54. The monoisotopic (exact) mass is 364 g/mol. The fourth-order valence-electron chi connectivity index (χ4n) is 3.05. The zero-order valence-corrected chi connectivity index (χ0v) is 13.6. The lowest BCUT2D eigenvalue weighted by atomic mass is 9.92. The fourth-order valence-corrected chi connectivity index (χ4v) is 3.05. The quantitative estimate of drug-likeness (QED) is 0.317. The molecule has 2 aromatic carbocycles. The van der Waals surface area contributed by atoms with Crippen LogP contribution in [0.15, 0.2) is 57.7 Å². The molecule has 0 saturated heterocycles. The molecule has 0 unspecified atom stereocenters. The molecule has 1 heterocycles. The third kappa shape index (κ3) is 2.44. The van der Waals surface area contributed by atoms with Gasteiger partial charge in [0.25, 0.3) is 0 Å². The maximum Gasteiger partial charge on any atom is 0.335 e. The van der Waals surface area contributed by atoms with E-state index >= 15 is 0 Å². The molecule has 0 radical (unpaired) electrons. The van der Waals surface area contributed by atoms with Crippen molar-refractivity contribution in [2.75, 3.05) is 0 Å². The van der Waals surface area contributed by atoms with Crippen LogP contribution >= 0.6 is 0 Å². The molecule has 0 aromatic heterocycles. The second-order valence-corrected chi connectivity index (χ2v) is 5.96. The Labute approximate surface area is 151 Å². The lowest BCUT2D eigenvalue weighted by Crippen LogP contribution is -2.02. The summed E-state index contributed by atoms with van der Waals surface area (Å²) in [5.74, 6) is -2.80. The molecule has 4 rings (SSSR count). The molecule has 7 heteroatoms. The van der Waals surface area contributed by atoms with Gasteiger partial charge in [-0.25, -0.2) is 4.79 Å². The second kappa shape index (κ2) is 5.77. The van der Waals surface area contributed by atoms with Crippen LogP contribution in [0.4, 0.5) is 0 Å². The summed E-state index contributed by atoms with van der Waals surface area (Å²) in [6, 6.07) is 11.5. The molecule has 0 fully saturated rings. The Bertz CT molecular complexity index is 1240. The zero-order valence-electron chi connectivity index (χ0n) is 13.6. The number of rotatable bonds is 2. The number of fused-ring (bicyclic) bond motifs is 2. The first-order valence-corrected chi connectivity index (χ1v) is 7.85. The first kappa shape index (κ1) is 16.5. The molecular formula is C20H12O7. The predicted molar refractivity (Wildman–Crippen MR) is 96.5 cm³/mol. The zero-order chi connectivity index (χ0) is 19.3. The van der Waals surface area contributed by atoms with Crippen LogP contribution in [0.3, 0.4) is 0 Å². The van der Waals surface area contributed by atoms with Crippen molar-refractivity contribution >= 4 is 16.9 Å². The summed E-state index contributed by atoms with van der Waals surface area (Å²) in [6.07, 6.45) is 0. The number of hydrogen-bond donors (Lipinski definition) is 4. The first-order chi connectivity index (χ1) is 12.9. The molecule has 27 heavy (non-hydrogen) atoms. The molecule has 0 amide bonds. The van der Waals surface area contributed by atoms with Crippen molar-refractivity contribution in [3.8, 4) is 39.7 Å². The number of carboxylic acid groups (broad SMARTS) is 1. The summed E-state index contributed by atoms with van der Waals surface area (Å²) in [5.41, 5.74) is 0.812. The highest BCUT2D eigenvalue weighted by atomic mass is 16.4. The van der Waals surface area contributed by atoms with Gasteiger partial charge in [0, 0.05) is 16.5 Å². The summed E-state index contributed by atoms with van der Waals surface area (Å²) in [6.45, 7) is 0. The highest BCUT2D eigenvalue weighted by molar-refractivity contribution is 6.05. The van der Waals surface area contributed by atoms with E-state index in [2.05, 4.69) is 0 Å². The number of carboxylic acids is 1. The van der Waals surface area contributed by atoms with E-state index < -0.39 is 28.6 Å². The lowest BCUT2D eigenvalue weighted by molar-refractivity contribution is 0.0697. The van der Waals surface area contributed by atoms with Gasteiger partial charge in [-0.2, -0.15) is 0 Å². The van der Waals surface area contributed by atoms with Crippen molar-refractivity contribution in [1.82, 2.24) is 0 Å². The molecule has 0 saturated carbocycles. The highest BCUT2D eigenvalue weighted by Crippen LogP contribution is 2.46. The van der Waals surface area contributed by atoms with E-state index in [1.807, 2.05) is 0 Å². The van der Waals surface area contributed by atoms with Crippen LogP contribution in [0.1, 0.15) is 10.4 Å². The maximum atomic E-state index is 11.8. The van der Waals surface area contributed by atoms with Crippen LogP contribution in [0.5, 0.6) is 17.2 Å². The summed E-state index contributed by atoms with van der Waals surface area (Å²) in [7, 11) is 0. The van der Waals surface area contributed by atoms with Crippen LogP contribution in [-0.2, 0) is 0 Å². The number of phenolic OH excluding ortho intramolecular Hbond substituents is 3. The Balaban J connectivity index is 2.16. The average molecular weight is 364 g/mol. The minimum absolute atomic E-state index is 0.0955. The smallest absolute Gasteiger partial charge is 0.335 e. The number of aromatic hydroxyl groups is 3. The van der Waals surface area contributed by atoms with Gasteiger partial charge < -0.3 is 24.8 Å². The van der Waals surface area contributed by atoms with E-state index in [0.717, 1.165) is 0 Å². The minimum atomic E-state index is -1.07. The highest BCUT2D eigenvalue weighted by Gasteiger charge is 2.24. The summed E-state index contributed by atoms with van der Waals surface area (Å²) >= 11 is 0. The molecule has 4 N–H and O–H groups in total. The molecule has 2 aromatic rings. The molecule has 0 bridgehead atoms. The van der Waals surface area contributed by atoms with Gasteiger partial charge in [0.1, 0.15) is 0 Å². The Morgan fingerprint density at radius 3 is 2.22 bits per heavy atom. The number of carbonyl (C=O) groups is 1. The largest absolute Gasteiger partial charge is 0.504 e. The Morgan fingerprint density at radius 1 is 0.852 bits per heavy atom. The second-order valence-electron chi connectivity index (χ2n) is 5.96. The molecule has 1 aliphatic heterocycles. The lowest BCUT2D eigenvalue weighted by Gasteiger charge is -2.16. The van der Waals surface area contributed by atoms with Crippen LogP contribution in [-0.4, -0.2) is 26.4 Å². The van der Waals surface area contributed by atoms with Crippen molar-refractivity contribution in [2.24, 2.45) is 0 Å². The number of hydrogen-bond acceptors (Lipinski definition) is 6. The van der Waals surface area contributed by atoms with E-state index in [4.69, 9.17) is 9.52 Å². The van der Waals surface area contributed by atoms with Crippen LogP contribution in [0.25, 0.3) is 33.4 Å². The van der Waals surface area contributed by atoms with Gasteiger partial charge in [-0.3, -0.25) is 4.79 Å². The van der Waals surface area contributed by atoms with E-state index in [9.17, 15) is 24.9 Å². The van der Waals surface area contributed by atoms with Gasteiger partial charge in [-0.05, 0) is 42.0 Å². The normalized spacial score (nSPS) is 11.1. The molecule has 1 aliphatic carbocycles. The Hall–Kier alpha value is -4.00. The third-order valence-electron chi connectivity index (χ3n) is 4.37. The van der Waals surface area contributed by atoms with E-state index in [1.165, 1.54) is 36.4 Å².